The molecule has 1 amide bonds. The zero-order chi connectivity index (χ0) is 14.7. The summed E-state index contributed by atoms with van der Waals surface area (Å²) in [5.74, 6) is 0.307. The molecule has 1 atom stereocenters. The number of carbonyl (C=O) groups is 1. The van der Waals surface area contributed by atoms with Crippen molar-refractivity contribution < 1.29 is 4.79 Å². The molecule has 2 fully saturated rings. The van der Waals surface area contributed by atoms with Gasteiger partial charge in [-0.2, -0.15) is 0 Å². The third kappa shape index (κ3) is 5.27. The first-order valence-electron chi connectivity index (χ1n) is 8.08. The third-order valence-electron chi connectivity index (χ3n) is 4.55. The fourth-order valence-electron chi connectivity index (χ4n) is 3.33. The summed E-state index contributed by atoms with van der Waals surface area (Å²) in [5, 5.41) is 6.90. The van der Waals surface area contributed by atoms with Gasteiger partial charge < -0.3 is 15.5 Å². The summed E-state index contributed by atoms with van der Waals surface area (Å²) in [5.41, 5.74) is 2.47. The van der Waals surface area contributed by atoms with Crippen LogP contribution in [0.4, 0.5) is 5.69 Å². The Hall–Kier alpha value is -0.970. The Labute approximate surface area is 151 Å². The third-order valence-corrected chi connectivity index (χ3v) is 4.55. The molecule has 2 saturated heterocycles. The summed E-state index contributed by atoms with van der Waals surface area (Å²) < 4.78 is 0. The molecule has 0 radical (unpaired) electrons. The van der Waals surface area contributed by atoms with E-state index in [0.717, 1.165) is 45.3 Å². The molecule has 0 aliphatic carbocycles. The lowest BCUT2D eigenvalue weighted by Crippen LogP contribution is -2.48. The van der Waals surface area contributed by atoms with Crippen molar-refractivity contribution >= 4 is 36.4 Å². The van der Waals surface area contributed by atoms with Gasteiger partial charge >= 0.3 is 0 Å². The highest BCUT2D eigenvalue weighted by Crippen LogP contribution is 2.19. The fourth-order valence-corrected chi connectivity index (χ4v) is 3.33. The number of hydrogen-bond donors (Lipinski definition) is 2. The molecule has 0 aromatic heterocycles. The summed E-state index contributed by atoms with van der Waals surface area (Å²) in [6.07, 6.45) is 4.20. The molecule has 130 valence electrons. The first-order chi connectivity index (χ1) is 10.2. The molecule has 2 N–H and O–H groups in total. The molecular formula is C17H27Cl2N3O. The highest BCUT2D eigenvalue weighted by molar-refractivity contribution is 5.85. The maximum Gasteiger partial charge on any atom is 0.239 e. The number of hydrogen-bond acceptors (Lipinski definition) is 3. The number of anilines is 1. The van der Waals surface area contributed by atoms with Gasteiger partial charge in [0.2, 0.25) is 5.91 Å². The minimum atomic E-state index is 0. The lowest BCUT2D eigenvalue weighted by Gasteiger charge is -2.34. The molecule has 1 aromatic carbocycles. The second-order valence-corrected chi connectivity index (χ2v) is 6.26. The van der Waals surface area contributed by atoms with Crippen LogP contribution in [0.25, 0.3) is 0 Å². The number of nitrogens with one attached hydrogen (secondary N) is 2. The smallest absolute Gasteiger partial charge is 0.239 e. The quantitative estimate of drug-likeness (QED) is 0.871. The van der Waals surface area contributed by atoms with Crippen molar-refractivity contribution in [2.45, 2.75) is 44.7 Å². The van der Waals surface area contributed by atoms with Gasteiger partial charge in [0, 0.05) is 24.8 Å². The summed E-state index contributed by atoms with van der Waals surface area (Å²) >= 11 is 0. The second-order valence-electron chi connectivity index (χ2n) is 6.26. The number of likely N-dealkylation sites (tertiary alicyclic amines) is 1. The molecule has 0 bridgehead atoms. The van der Waals surface area contributed by atoms with Crippen molar-refractivity contribution in [1.82, 2.24) is 10.2 Å². The monoisotopic (exact) mass is 359 g/mol. The Bertz CT molecular complexity index is 498. The Morgan fingerprint density at radius 3 is 2.57 bits per heavy atom. The minimum absolute atomic E-state index is 0. The van der Waals surface area contributed by atoms with E-state index >= 15 is 0 Å². The zero-order valence-electron chi connectivity index (χ0n) is 13.6. The summed E-state index contributed by atoms with van der Waals surface area (Å²) in [6, 6.07) is 9.05. The van der Waals surface area contributed by atoms with E-state index in [1.54, 1.807) is 0 Å². The Morgan fingerprint density at radius 1 is 1.22 bits per heavy atom. The maximum absolute atomic E-state index is 12.4. The van der Waals surface area contributed by atoms with Crippen LogP contribution in [0.1, 0.15) is 31.2 Å². The van der Waals surface area contributed by atoms with Gasteiger partial charge in [-0.15, -0.1) is 24.8 Å². The summed E-state index contributed by atoms with van der Waals surface area (Å²) in [6.45, 7) is 4.85. The van der Waals surface area contributed by atoms with Crippen LogP contribution in [-0.2, 0) is 4.79 Å². The van der Waals surface area contributed by atoms with Crippen LogP contribution >= 0.6 is 24.8 Å². The number of halogens is 2. The van der Waals surface area contributed by atoms with Gasteiger partial charge in [0.1, 0.15) is 0 Å². The van der Waals surface area contributed by atoms with Crippen LogP contribution in [0.15, 0.2) is 24.3 Å². The van der Waals surface area contributed by atoms with Crippen LogP contribution in [0, 0.1) is 6.92 Å². The van der Waals surface area contributed by atoms with E-state index in [4.69, 9.17) is 0 Å². The van der Waals surface area contributed by atoms with Gasteiger partial charge in [0.05, 0.1) is 6.04 Å². The largest absolute Gasteiger partial charge is 0.382 e. The van der Waals surface area contributed by atoms with E-state index in [2.05, 4.69) is 41.8 Å². The molecule has 0 spiro atoms. The normalized spacial score (nSPS) is 21.3. The molecule has 2 heterocycles. The van der Waals surface area contributed by atoms with Crippen molar-refractivity contribution in [2.75, 3.05) is 25.0 Å². The van der Waals surface area contributed by atoms with Gasteiger partial charge in [0.25, 0.3) is 0 Å². The number of rotatable bonds is 3. The molecule has 2 aliphatic heterocycles. The highest BCUT2D eigenvalue weighted by Gasteiger charge is 2.29. The van der Waals surface area contributed by atoms with E-state index in [9.17, 15) is 4.79 Å². The molecular weight excluding hydrogens is 333 g/mol. The first-order valence-corrected chi connectivity index (χ1v) is 8.08. The van der Waals surface area contributed by atoms with Crippen molar-refractivity contribution in [3.05, 3.63) is 29.8 Å². The molecule has 6 heteroatoms. The zero-order valence-corrected chi connectivity index (χ0v) is 15.2. The number of aryl methyl sites for hydroxylation is 1. The van der Waals surface area contributed by atoms with E-state index < -0.39 is 0 Å². The standard InChI is InChI=1S/C17H25N3O.2ClH/c1-13-4-2-5-15(12-13)19-14-7-10-20(11-8-14)17(21)16-6-3-9-18-16;;/h2,4-5,12,14,16,18-19H,3,6-11H2,1H3;2*1H. The van der Waals surface area contributed by atoms with Gasteiger partial charge in [-0.3, -0.25) is 4.79 Å². The summed E-state index contributed by atoms with van der Waals surface area (Å²) in [4.78, 5) is 14.4. The molecule has 4 nitrogen and oxygen atoms in total. The van der Waals surface area contributed by atoms with Crippen LogP contribution in [0.2, 0.25) is 0 Å². The highest BCUT2D eigenvalue weighted by atomic mass is 35.5. The lowest BCUT2D eigenvalue weighted by molar-refractivity contribution is -0.134. The molecule has 23 heavy (non-hydrogen) atoms. The van der Waals surface area contributed by atoms with Crippen LogP contribution in [0.3, 0.4) is 0 Å². The van der Waals surface area contributed by atoms with Crippen LogP contribution < -0.4 is 10.6 Å². The van der Waals surface area contributed by atoms with Gasteiger partial charge in [-0.05, 0) is 56.8 Å². The van der Waals surface area contributed by atoms with Gasteiger partial charge in [-0.25, -0.2) is 0 Å². The van der Waals surface area contributed by atoms with Gasteiger partial charge in [0.15, 0.2) is 0 Å². The van der Waals surface area contributed by atoms with Crippen molar-refractivity contribution in [3.8, 4) is 0 Å². The number of nitrogens with zero attached hydrogens (tertiary/aromatic N) is 1. The van der Waals surface area contributed by atoms with E-state index in [-0.39, 0.29) is 30.9 Å². The van der Waals surface area contributed by atoms with Gasteiger partial charge in [-0.1, -0.05) is 12.1 Å². The van der Waals surface area contributed by atoms with Crippen molar-refractivity contribution in [2.24, 2.45) is 0 Å². The average molecular weight is 360 g/mol. The Balaban J connectivity index is 0.00000132. The number of benzene rings is 1. The van der Waals surface area contributed by atoms with E-state index in [1.807, 2.05) is 4.90 Å². The molecule has 1 aromatic rings. The molecule has 0 saturated carbocycles. The predicted molar refractivity (Wildman–Crippen MR) is 99.9 cm³/mol. The van der Waals surface area contributed by atoms with Crippen molar-refractivity contribution in [3.63, 3.8) is 0 Å². The Morgan fingerprint density at radius 2 is 1.96 bits per heavy atom. The van der Waals surface area contributed by atoms with Crippen molar-refractivity contribution in [1.29, 1.82) is 0 Å². The number of piperidine rings is 1. The van der Waals surface area contributed by atoms with E-state index in [1.165, 1.54) is 11.3 Å². The lowest BCUT2D eigenvalue weighted by atomic mass is 10.0. The Kier molecular flexibility index (Phi) is 8.17. The fraction of sp³-hybridized carbons (Fsp3) is 0.588. The van der Waals surface area contributed by atoms with Crippen LogP contribution in [-0.4, -0.2) is 42.5 Å². The van der Waals surface area contributed by atoms with E-state index in [0.29, 0.717) is 11.9 Å². The molecule has 1 unspecified atom stereocenters. The molecule has 2 aliphatic rings. The first kappa shape index (κ1) is 20.1. The summed E-state index contributed by atoms with van der Waals surface area (Å²) in [7, 11) is 0. The average Bonchev–Trinajstić information content (AvgIpc) is 3.01. The number of amides is 1. The topological polar surface area (TPSA) is 44.4 Å². The maximum atomic E-state index is 12.4. The number of carbonyl (C=O) groups excluding carboxylic acids is 1. The minimum Gasteiger partial charge on any atom is -0.382 e. The second kappa shape index (κ2) is 9.36. The SMILES string of the molecule is Cc1cccc(NC2CCN(C(=O)C3CCCN3)CC2)c1.Cl.Cl. The molecule has 3 rings (SSSR count). The predicted octanol–water partition coefficient (Wildman–Crippen LogP) is 2.99. The van der Waals surface area contributed by atoms with Crippen LogP contribution in [0.5, 0.6) is 0 Å².